The Hall–Kier alpha value is -1.78. The Balaban J connectivity index is 2.96. The largest absolute Gasteiger partial charge is 0.293 e. The van der Waals surface area contributed by atoms with Crippen LogP contribution in [0.25, 0.3) is 11.0 Å². The lowest BCUT2D eigenvalue weighted by Crippen LogP contribution is -2.03. The van der Waals surface area contributed by atoms with Crippen LogP contribution in [0.15, 0.2) is 0 Å². The highest BCUT2D eigenvalue weighted by atomic mass is 16.1. The Morgan fingerprint density at radius 1 is 1.27 bits per heavy atom. The van der Waals surface area contributed by atoms with E-state index in [0.29, 0.717) is 17.2 Å². The molecule has 0 aromatic carbocycles. The third kappa shape index (κ3) is 1.40. The van der Waals surface area contributed by atoms with Crippen LogP contribution in [-0.4, -0.2) is 25.5 Å². The van der Waals surface area contributed by atoms with Gasteiger partial charge in [-0.2, -0.15) is 5.10 Å². The molecule has 0 spiro atoms. The van der Waals surface area contributed by atoms with Gasteiger partial charge in [0.1, 0.15) is 11.5 Å². The van der Waals surface area contributed by atoms with Gasteiger partial charge in [-0.1, -0.05) is 0 Å². The first-order chi connectivity index (χ1) is 7.00. The second kappa shape index (κ2) is 3.12. The molecule has 0 radical (unpaired) electrons. The first-order valence-electron chi connectivity index (χ1n) is 4.69. The van der Waals surface area contributed by atoms with Gasteiger partial charge in [-0.15, -0.1) is 0 Å². The number of Topliss-reactive ketones (excluding diaryl/α,β-unsaturated/α-hetero) is 1. The lowest BCUT2D eigenvalue weighted by Gasteiger charge is -2.00. The van der Waals surface area contributed by atoms with E-state index in [9.17, 15) is 4.79 Å². The lowest BCUT2D eigenvalue weighted by atomic mass is 10.2. The standard InChI is InChI=1S/C10H12N4O/c1-5-8-9(6(2)15)11-7(3)12-10(8)14(4)13-5/h1-4H3. The third-order valence-electron chi connectivity index (χ3n) is 2.30. The summed E-state index contributed by atoms with van der Waals surface area (Å²) in [5, 5.41) is 5.00. The molecule has 0 bridgehead atoms. The second-order valence-electron chi connectivity index (χ2n) is 3.58. The van der Waals surface area contributed by atoms with Gasteiger partial charge in [0.05, 0.1) is 11.1 Å². The van der Waals surface area contributed by atoms with Gasteiger partial charge in [-0.05, 0) is 13.8 Å². The van der Waals surface area contributed by atoms with Crippen molar-refractivity contribution in [3.63, 3.8) is 0 Å². The quantitative estimate of drug-likeness (QED) is 0.654. The number of carbonyl (C=O) groups excluding carboxylic acids is 1. The fourth-order valence-electron chi connectivity index (χ4n) is 1.70. The van der Waals surface area contributed by atoms with E-state index in [1.54, 1.807) is 11.6 Å². The second-order valence-corrected chi connectivity index (χ2v) is 3.58. The molecule has 0 atom stereocenters. The van der Waals surface area contributed by atoms with Crippen molar-refractivity contribution in [2.45, 2.75) is 20.8 Å². The van der Waals surface area contributed by atoms with Crippen LogP contribution in [0.5, 0.6) is 0 Å². The zero-order valence-electron chi connectivity index (χ0n) is 9.20. The van der Waals surface area contributed by atoms with Gasteiger partial charge in [0.15, 0.2) is 11.4 Å². The third-order valence-corrected chi connectivity index (χ3v) is 2.30. The summed E-state index contributed by atoms with van der Waals surface area (Å²) in [4.78, 5) is 19.9. The molecule has 78 valence electrons. The molecule has 0 fully saturated rings. The minimum absolute atomic E-state index is 0.0541. The molecule has 15 heavy (non-hydrogen) atoms. The topological polar surface area (TPSA) is 60.7 Å². The Labute approximate surface area is 87.1 Å². The number of hydrogen-bond donors (Lipinski definition) is 0. The molecule has 0 saturated heterocycles. The molecule has 0 aliphatic heterocycles. The van der Waals surface area contributed by atoms with Gasteiger partial charge >= 0.3 is 0 Å². The summed E-state index contributed by atoms with van der Waals surface area (Å²) in [5.74, 6) is 0.539. The van der Waals surface area contributed by atoms with E-state index in [-0.39, 0.29) is 5.78 Å². The van der Waals surface area contributed by atoms with Crippen molar-refractivity contribution in [3.8, 4) is 0 Å². The van der Waals surface area contributed by atoms with Crippen molar-refractivity contribution in [1.29, 1.82) is 0 Å². The molecular weight excluding hydrogens is 192 g/mol. The van der Waals surface area contributed by atoms with E-state index in [0.717, 1.165) is 11.1 Å². The smallest absolute Gasteiger partial charge is 0.179 e. The number of carbonyl (C=O) groups is 1. The fourth-order valence-corrected chi connectivity index (χ4v) is 1.70. The van der Waals surface area contributed by atoms with Crippen LogP contribution in [0.3, 0.4) is 0 Å². The molecule has 2 aromatic heterocycles. The normalized spacial score (nSPS) is 10.9. The Morgan fingerprint density at radius 3 is 2.53 bits per heavy atom. The molecular formula is C10H12N4O. The van der Waals surface area contributed by atoms with Crippen molar-refractivity contribution >= 4 is 16.8 Å². The maximum absolute atomic E-state index is 11.4. The number of rotatable bonds is 1. The highest BCUT2D eigenvalue weighted by molar-refractivity contribution is 6.04. The van der Waals surface area contributed by atoms with E-state index < -0.39 is 0 Å². The number of hydrogen-bond acceptors (Lipinski definition) is 4. The maximum Gasteiger partial charge on any atom is 0.179 e. The summed E-state index contributed by atoms with van der Waals surface area (Å²) in [7, 11) is 1.81. The Bertz CT molecular complexity index is 556. The van der Waals surface area contributed by atoms with Crippen LogP contribution in [0.4, 0.5) is 0 Å². The highest BCUT2D eigenvalue weighted by Crippen LogP contribution is 2.19. The average Bonchev–Trinajstić information content (AvgIpc) is 2.41. The number of aromatic nitrogens is 4. The van der Waals surface area contributed by atoms with Crippen molar-refractivity contribution in [2.75, 3.05) is 0 Å². The monoisotopic (exact) mass is 204 g/mol. The first-order valence-corrected chi connectivity index (χ1v) is 4.69. The predicted octanol–water partition coefficient (Wildman–Crippen LogP) is 1.18. The molecule has 5 nitrogen and oxygen atoms in total. The molecule has 2 aromatic rings. The average molecular weight is 204 g/mol. The maximum atomic E-state index is 11.4. The molecule has 5 heteroatoms. The van der Waals surface area contributed by atoms with Crippen LogP contribution in [0.2, 0.25) is 0 Å². The van der Waals surface area contributed by atoms with E-state index in [4.69, 9.17) is 0 Å². The van der Waals surface area contributed by atoms with Crippen molar-refractivity contribution < 1.29 is 4.79 Å². The SMILES string of the molecule is CC(=O)c1nc(C)nc2c1c(C)nn2C. The van der Waals surface area contributed by atoms with E-state index in [1.807, 2.05) is 14.0 Å². The molecule has 2 rings (SSSR count). The highest BCUT2D eigenvalue weighted by Gasteiger charge is 2.16. The van der Waals surface area contributed by atoms with Gasteiger partial charge in [-0.3, -0.25) is 9.48 Å². The van der Waals surface area contributed by atoms with Crippen LogP contribution < -0.4 is 0 Å². The van der Waals surface area contributed by atoms with E-state index >= 15 is 0 Å². The Morgan fingerprint density at radius 2 is 1.93 bits per heavy atom. The summed E-state index contributed by atoms with van der Waals surface area (Å²) >= 11 is 0. The van der Waals surface area contributed by atoms with Gasteiger partial charge in [0.2, 0.25) is 0 Å². The van der Waals surface area contributed by atoms with E-state index in [1.165, 1.54) is 6.92 Å². The molecule has 0 N–H and O–H groups in total. The van der Waals surface area contributed by atoms with Crippen LogP contribution in [0, 0.1) is 13.8 Å². The van der Waals surface area contributed by atoms with Crippen LogP contribution >= 0.6 is 0 Å². The summed E-state index contributed by atoms with van der Waals surface area (Å²) in [6, 6.07) is 0. The van der Waals surface area contributed by atoms with Crippen molar-refractivity contribution in [3.05, 3.63) is 17.2 Å². The zero-order chi connectivity index (χ0) is 11.2. The molecule has 2 heterocycles. The fraction of sp³-hybridized carbons (Fsp3) is 0.400. The number of ketones is 1. The zero-order valence-corrected chi connectivity index (χ0v) is 9.20. The minimum atomic E-state index is -0.0541. The first kappa shape index (κ1) is 9.76. The molecule has 0 aliphatic rings. The van der Waals surface area contributed by atoms with Crippen LogP contribution in [0.1, 0.15) is 28.9 Å². The number of nitrogens with zero attached hydrogens (tertiary/aromatic N) is 4. The molecule has 0 aliphatic carbocycles. The van der Waals surface area contributed by atoms with Crippen LogP contribution in [-0.2, 0) is 7.05 Å². The van der Waals surface area contributed by atoms with Gasteiger partial charge in [0.25, 0.3) is 0 Å². The lowest BCUT2D eigenvalue weighted by molar-refractivity contribution is 0.101. The van der Waals surface area contributed by atoms with Gasteiger partial charge in [-0.25, -0.2) is 9.97 Å². The predicted molar refractivity (Wildman–Crippen MR) is 55.8 cm³/mol. The van der Waals surface area contributed by atoms with Crippen molar-refractivity contribution in [2.24, 2.45) is 7.05 Å². The summed E-state index contributed by atoms with van der Waals surface area (Å²) in [6.07, 6.45) is 0. The molecule has 0 saturated carbocycles. The number of aryl methyl sites for hydroxylation is 3. The van der Waals surface area contributed by atoms with Gasteiger partial charge < -0.3 is 0 Å². The number of fused-ring (bicyclic) bond motifs is 1. The van der Waals surface area contributed by atoms with E-state index in [2.05, 4.69) is 15.1 Å². The minimum Gasteiger partial charge on any atom is -0.293 e. The molecule has 0 unspecified atom stereocenters. The molecule has 0 amide bonds. The summed E-state index contributed by atoms with van der Waals surface area (Å²) in [6.45, 7) is 5.13. The Kier molecular flexibility index (Phi) is 2.03. The summed E-state index contributed by atoms with van der Waals surface area (Å²) < 4.78 is 1.67. The summed E-state index contributed by atoms with van der Waals surface area (Å²) in [5.41, 5.74) is 1.96. The van der Waals surface area contributed by atoms with Gasteiger partial charge in [0, 0.05) is 14.0 Å². The van der Waals surface area contributed by atoms with Crippen molar-refractivity contribution in [1.82, 2.24) is 19.7 Å².